The summed E-state index contributed by atoms with van der Waals surface area (Å²) in [6, 6.07) is 14.6. The summed E-state index contributed by atoms with van der Waals surface area (Å²) in [6.07, 6.45) is 0.869. The van der Waals surface area contributed by atoms with Crippen molar-refractivity contribution in [3.63, 3.8) is 0 Å². The van der Waals surface area contributed by atoms with Crippen molar-refractivity contribution in [1.82, 2.24) is 10.3 Å². The first kappa shape index (κ1) is 15.9. The SMILES string of the molecule is Cc1cc(C)cc(NC(=S)NCCc2nc3ccccc3s2)c1. The van der Waals surface area contributed by atoms with Crippen molar-refractivity contribution < 1.29 is 0 Å². The van der Waals surface area contributed by atoms with Gasteiger partial charge in [-0.05, 0) is 61.5 Å². The van der Waals surface area contributed by atoms with E-state index in [9.17, 15) is 0 Å². The van der Waals surface area contributed by atoms with E-state index in [4.69, 9.17) is 12.2 Å². The Balaban J connectivity index is 1.52. The summed E-state index contributed by atoms with van der Waals surface area (Å²) >= 11 is 7.11. The predicted molar refractivity (Wildman–Crippen MR) is 103 cm³/mol. The quantitative estimate of drug-likeness (QED) is 0.688. The molecule has 1 aromatic heterocycles. The molecule has 0 aliphatic rings. The molecule has 0 unspecified atom stereocenters. The van der Waals surface area contributed by atoms with Gasteiger partial charge in [0.15, 0.2) is 5.11 Å². The van der Waals surface area contributed by atoms with E-state index in [1.54, 1.807) is 11.3 Å². The largest absolute Gasteiger partial charge is 0.362 e. The molecule has 3 aromatic rings. The third-order valence-corrected chi connectivity index (χ3v) is 4.78. The molecule has 0 spiro atoms. The van der Waals surface area contributed by atoms with Gasteiger partial charge in [-0.2, -0.15) is 0 Å². The van der Waals surface area contributed by atoms with Gasteiger partial charge < -0.3 is 10.6 Å². The Hall–Kier alpha value is -1.98. The summed E-state index contributed by atoms with van der Waals surface area (Å²) in [4.78, 5) is 4.63. The standard InChI is InChI=1S/C18H19N3S2/c1-12-9-13(2)11-14(10-12)20-18(22)19-8-7-17-21-15-5-3-4-6-16(15)23-17/h3-6,9-11H,7-8H2,1-2H3,(H2,19,20,22). The number of thiocarbonyl (C=S) groups is 1. The molecule has 0 amide bonds. The summed E-state index contributed by atoms with van der Waals surface area (Å²) in [6.45, 7) is 4.94. The molecular weight excluding hydrogens is 322 g/mol. The van der Waals surface area contributed by atoms with Crippen LogP contribution in [-0.2, 0) is 6.42 Å². The van der Waals surface area contributed by atoms with Crippen molar-refractivity contribution >= 4 is 44.6 Å². The van der Waals surface area contributed by atoms with Gasteiger partial charge in [0, 0.05) is 18.7 Å². The first-order valence-corrected chi connectivity index (χ1v) is 8.80. The van der Waals surface area contributed by atoms with Crippen LogP contribution in [0.15, 0.2) is 42.5 Å². The zero-order valence-electron chi connectivity index (χ0n) is 13.2. The fourth-order valence-corrected chi connectivity index (χ4v) is 3.72. The van der Waals surface area contributed by atoms with Crippen molar-refractivity contribution in [3.8, 4) is 0 Å². The molecule has 2 aromatic carbocycles. The van der Waals surface area contributed by atoms with E-state index in [1.165, 1.54) is 15.8 Å². The number of nitrogens with one attached hydrogen (secondary N) is 2. The highest BCUT2D eigenvalue weighted by atomic mass is 32.1. The van der Waals surface area contributed by atoms with Crippen LogP contribution in [-0.4, -0.2) is 16.6 Å². The Morgan fingerprint density at radius 3 is 2.61 bits per heavy atom. The van der Waals surface area contributed by atoms with Crippen molar-refractivity contribution in [2.45, 2.75) is 20.3 Å². The third kappa shape index (κ3) is 4.27. The molecule has 118 valence electrons. The lowest BCUT2D eigenvalue weighted by atomic mass is 10.1. The number of fused-ring (bicyclic) bond motifs is 1. The molecule has 5 heteroatoms. The molecular formula is C18H19N3S2. The fourth-order valence-electron chi connectivity index (χ4n) is 2.53. The van der Waals surface area contributed by atoms with Gasteiger partial charge in [-0.15, -0.1) is 11.3 Å². The van der Waals surface area contributed by atoms with Crippen LogP contribution in [0.5, 0.6) is 0 Å². The molecule has 3 nitrogen and oxygen atoms in total. The first-order chi connectivity index (χ1) is 11.1. The van der Waals surface area contributed by atoms with E-state index < -0.39 is 0 Å². The molecule has 0 atom stereocenters. The zero-order valence-corrected chi connectivity index (χ0v) is 14.9. The lowest BCUT2D eigenvalue weighted by Crippen LogP contribution is -2.30. The normalized spacial score (nSPS) is 10.7. The summed E-state index contributed by atoms with van der Waals surface area (Å²) in [5.41, 5.74) is 4.55. The number of aromatic nitrogens is 1. The van der Waals surface area contributed by atoms with Crippen LogP contribution < -0.4 is 10.6 Å². The van der Waals surface area contributed by atoms with E-state index >= 15 is 0 Å². The highest BCUT2D eigenvalue weighted by Crippen LogP contribution is 2.21. The lowest BCUT2D eigenvalue weighted by Gasteiger charge is -2.11. The van der Waals surface area contributed by atoms with Crippen molar-refractivity contribution in [3.05, 3.63) is 58.6 Å². The number of hydrogen-bond acceptors (Lipinski definition) is 3. The van der Waals surface area contributed by atoms with Gasteiger partial charge in [-0.3, -0.25) is 0 Å². The second-order valence-corrected chi connectivity index (χ2v) is 7.11. The van der Waals surface area contributed by atoms with Crippen LogP contribution >= 0.6 is 23.6 Å². The number of para-hydroxylation sites is 1. The molecule has 3 rings (SSSR count). The summed E-state index contributed by atoms with van der Waals surface area (Å²) < 4.78 is 1.23. The number of anilines is 1. The highest BCUT2D eigenvalue weighted by Gasteiger charge is 2.04. The number of thiazole rings is 1. The molecule has 1 heterocycles. The third-order valence-electron chi connectivity index (χ3n) is 3.44. The van der Waals surface area contributed by atoms with Crippen LogP contribution in [0.2, 0.25) is 0 Å². The molecule has 2 N–H and O–H groups in total. The maximum Gasteiger partial charge on any atom is 0.170 e. The summed E-state index contributed by atoms with van der Waals surface area (Å²) in [5.74, 6) is 0. The molecule has 0 saturated heterocycles. The maximum absolute atomic E-state index is 5.36. The highest BCUT2D eigenvalue weighted by molar-refractivity contribution is 7.80. The van der Waals surface area contributed by atoms with Crippen molar-refractivity contribution in [2.24, 2.45) is 0 Å². The van der Waals surface area contributed by atoms with Gasteiger partial charge in [-0.25, -0.2) is 4.98 Å². The Morgan fingerprint density at radius 1 is 1.13 bits per heavy atom. The molecule has 0 fully saturated rings. The van der Waals surface area contributed by atoms with Crippen LogP contribution in [0, 0.1) is 13.8 Å². The minimum Gasteiger partial charge on any atom is -0.362 e. The second-order valence-electron chi connectivity index (χ2n) is 5.58. The Bertz CT molecular complexity index is 786. The average molecular weight is 342 g/mol. The predicted octanol–water partition coefficient (Wildman–Crippen LogP) is 4.44. The first-order valence-electron chi connectivity index (χ1n) is 7.58. The Kier molecular flexibility index (Phi) is 4.88. The van der Waals surface area contributed by atoms with Crippen LogP contribution in [0.25, 0.3) is 10.2 Å². The number of aryl methyl sites for hydroxylation is 2. The van der Waals surface area contributed by atoms with Crippen molar-refractivity contribution in [1.29, 1.82) is 0 Å². The van der Waals surface area contributed by atoms with Crippen LogP contribution in [0.1, 0.15) is 16.1 Å². The van der Waals surface area contributed by atoms with E-state index in [2.05, 4.69) is 59.8 Å². The molecule has 0 aliphatic carbocycles. The number of hydrogen-bond donors (Lipinski definition) is 2. The molecule has 0 saturated carbocycles. The van der Waals surface area contributed by atoms with Crippen molar-refractivity contribution in [2.75, 3.05) is 11.9 Å². The number of benzene rings is 2. The monoisotopic (exact) mass is 341 g/mol. The Labute approximate surface area is 145 Å². The summed E-state index contributed by atoms with van der Waals surface area (Å²) in [7, 11) is 0. The zero-order chi connectivity index (χ0) is 16.2. The van der Waals surface area contributed by atoms with Gasteiger partial charge in [-0.1, -0.05) is 18.2 Å². The van der Waals surface area contributed by atoms with E-state index in [0.29, 0.717) is 5.11 Å². The molecule has 23 heavy (non-hydrogen) atoms. The fraction of sp³-hybridized carbons (Fsp3) is 0.222. The lowest BCUT2D eigenvalue weighted by molar-refractivity contribution is 0.868. The number of rotatable bonds is 4. The minimum absolute atomic E-state index is 0.649. The molecule has 0 aliphatic heterocycles. The van der Waals surface area contributed by atoms with Crippen LogP contribution in [0.4, 0.5) is 5.69 Å². The van der Waals surface area contributed by atoms with Gasteiger partial charge in [0.25, 0.3) is 0 Å². The second kappa shape index (κ2) is 7.06. The molecule has 0 radical (unpaired) electrons. The van der Waals surface area contributed by atoms with Gasteiger partial charge >= 0.3 is 0 Å². The van der Waals surface area contributed by atoms with Gasteiger partial charge in [0.05, 0.1) is 15.2 Å². The van der Waals surface area contributed by atoms with E-state index in [0.717, 1.165) is 29.2 Å². The summed E-state index contributed by atoms with van der Waals surface area (Å²) in [5, 5.41) is 8.27. The minimum atomic E-state index is 0.649. The van der Waals surface area contributed by atoms with Gasteiger partial charge in [0.2, 0.25) is 0 Å². The average Bonchev–Trinajstić information content (AvgIpc) is 2.88. The Morgan fingerprint density at radius 2 is 1.87 bits per heavy atom. The smallest absolute Gasteiger partial charge is 0.170 e. The van der Waals surface area contributed by atoms with Crippen LogP contribution in [0.3, 0.4) is 0 Å². The van der Waals surface area contributed by atoms with E-state index in [1.807, 2.05) is 12.1 Å². The number of nitrogens with zero attached hydrogens (tertiary/aromatic N) is 1. The van der Waals surface area contributed by atoms with Gasteiger partial charge in [0.1, 0.15) is 0 Å². The topological polar surface area (TPSA) is 37.0 Å². The maximum atomic E-state index is 5.36. The van der Waals surface area contributed by atoms with E-state index in [-0.39, 0.29) is 0 Å². The molecule has 0 bridgehead atoms.